The fourth-order valence-corrected chi connectivity index (χ4v) is 1.30. The average molecular weight is 191 g/mol. The summed E-state index contributed by atoms with van der Waals surface area (Å²) < 4.78 is 0. The Hall–Kier alpha value is -0.980. The molecule has 0 amide bonds. The van der Waals surface area contributed by atoms with Crippen LogP contribution in [0.5, 0.6) is 0 Å². The number of aliphatic imine (C=N–C) groups is 1. The van der Waals surface area contributed by atoms with Gasteiger partial charge in [-0.2, -0.15) is 0 Å². The monoisotopic (exact) mass is 191 g/mol. The van der Waals surface area contributed by atoms with Crippen LogP contribution in [0.1, 0.15) is 18.4 Å². The largest absolute Gasteiger partial charge is 0.233 e. The summed E-state index contributed by atoms with van der Waals surface area (Å²) >= 11 is 4.48. The molecule has 68 valence electrons. The summed E-state index contributed by atoms with van der Waals surface area (Å²) in [7, 11) is 0. The van der Waals surface area contributed by atoms with Crippen LogP contribution >= 0.6 is 12.2 Å². The van der Waals surface area contributed by atoms with Crippen LogP contribution in [0.3, 0.4) is 0 Å². The van der Waals surface area contributed by atoms with Gasteiger partial charge in [0.1, 0.15) is 0 Å². The first-order valence-electron chi connectivity index (χ1n) is 4.51. The maximum absolute atomic E-state index is 4.48. The molecule has 2 heteroatoms. The first kappa shape index (κ1) is 10.1. The van der Waals surface area contributed by atoms with Crippen molar-refractivity contribution in [3.05, 3.63) is 35.9 Å². The molecule has 0 saturated heterocycles. The molecule has 0 spiro atoms. The number of isothiocyanates is 1. The van der Waals surface area contributed by atoms with E-state index in [4.69, 9.17) is 0 Å². The zero-order valence-corrected chi connectivity index (χ0v) is 8.39. The number of unbranched alkanes of at least 4 members (excludes halogenated alkanes) is 1. The number of nitrogens with zero attached hydrogens (tertiary/aromatic N) is 1. The van der Waals surface area contributed by atoms with E-state index in [0.717, 1.165) is 19.4 Å². The second-order valence-corrected chi connectivity index (χ2v) is 3.10. The van der Waals surface area contributed by atoms with E-state index < -0.39 is 0 Å². The van der Waals surface area contributed by atoms with Crippen LogP contribution in [0.25, 0.3) is 0 Å². The van der Waals surface area contributed by atoms with Crippen molar-refractivity contribution >= 4 is 17.4 Å². The highest BCUT2D eigenvalue weighted by Gasteiger charge is 1.90. The summed E-state index contributed by atoms with van der Waals surface area (Å²) in [4.78, 5) is 3.87. The second kappa shape index (κ2) is 6.53. The second-order valence-electron chi connectivity index (χ2n) is 2.92. The van der Waals surface area contributed by atoms with Gasteiger partial charge in [-0.25, -0.2) is 4.99 Å². The predicted molar refractivity (Wildman–Crippen MR) is 59.3 cm³/mol. The van der Waals surface area contributed by atoms with Crippen LogP contribution < -0.4 is 0 Å². The highest BCUT2D eigenvalue weighted by atomic mass is 32.1. The summed E-state index contributed by atoms with van der Waals surface area (Å²) in [5, 5.41) is 2.37. The van der Waals surface area contributed by atoms with E-state index in [0.29, 0.717) is 0 Å². The zero-order chi connectivity index (χ0) is 9.36. The average Bonchev–Trinajstić information content (AvgIpc) is 2.19. The molecular formula is C11H13NS. The first-order chi connectivity index (χ1) is 6.43. The SMILES string of the molecule is S=C=NCCCCc1ccccc1. The smallest absolute Gasteiger partial charge is 0.0584 e. The van der Waals surface area contributed by atoms with Crippen molar-refractivity contribution in [3.63, 3.8) is 0 Å². The Bertz CT molecular complexity index is 275. The summed E-state index contributed by atoms with van der Waals surface area (Å²) in [5.74, 6) is 0. The van der Waals surface area contributed by atoms with Crippen LogP contribution in [0.4, 0.5) is 0 Å². The molecule has 1 aromatic carbocycles. The number of hydrogen-bond donors (Lipinski definition) is 0. The number of aryl methyl sites for hydroxylation is 1. The zero-order valence-electron chi connectivity index (χ0n) is 7.57. The van der Waals surface area contributed by atoms with Crippen LogP contribution in [-0.2, 0) is 6.42 Å². The maximum atomic E-state index is 4.48. The van der Waals surface area contributed by atoms with Crippen molar-refractivity contribution in [2.75, 3.05) is 6.54 Å². The number of thiocarbonyl (C=S) groups is 1. The molecule has 0 aliphatic heterocycles. The molecule has 1 nitrogen and oxygen atoms in total. The highest BCUT2D eigenvalue weighted by Crippen LogP contribution is 2.03. The molecule has 1 aromatic rings. The van der Waals surface area contributed by atoms with Crippen molar-refractivity contribution < 1.29 is 0 Å². The van der Waals surface area contributed by atoms with E-state index in [-0.39, 0.29) is 0 Å². The van der Waals surface area contributed by atoms with Gasteiger partial charge in [-0.1, -0.05) is 30.3 Å². The predicted octanol–water partition coefficient (Wildman–Crippen LogP) is 3.11. The van der Waals surface area contributed by atoms with Gasteiger partial charge >= 0.3 is 0 Å². The lowest BCUT2D eigenvalue weighted by Gasteiger charge is -1.98. The van der Waals surface area contributed by atoms with E-state index in [1.54, 1.807) is 0 Å². The minimum atomic E-state index is 0.816. The molecule has 13 heavy (non-hydrogen) atoms. The van der Waals surface area contributed by atoms with Crippen molar-refractivity contribution in [3.8, 4) is 0 Å². The van der Waals surface area contributed by atoms with Crippen molar-refractivity contribution in [2.45, 2.75) is 19.3 Å². The minimum absolute atomic E-state index is 0.816. The molecule has 0 saturated carbocycles. The minimum Gasteiger partial charge on any atom is -0.233 e. The lowest BCUT2D eigenvalue weighted by molar-refractivity contribution is 0.748. The van der Waals surface area contributed by atoms with Gasteiger partial charge in [0.15, 0.2) is 0 Å². The van der Waals surface area contributed by atoms with Gasteiger partial charge in [-0.15, -0.1) is 0 Å². The third kappa shape index (κ3) is 4.56. The molecule has 0 heterocycles. The molecule has 0 fully saturated rings. The van der Waals surface area contributed by atoms with E-state index in [1.165, 1.54) is 12.0 Å². The van der Waals surface area contributed by atoms with E-state index in [9.17, 15) is 0 Å². The van der Waals surface area contributed by atoms with Gasteiger partial charge in [0.2, 0.25) is 0 Å². The standard InChI is InChI=1S/C11H13NS/c13-10-12-9-5-4-8-11-6-2-1-3-7-11/h1-3,6-7H,4-5,8-9H2. The summed E-state index contributed by atoms with van der Waals surface area (Å²) in [6, 6.07) is 10.5. The van der Waals surface area contributed by atoms with Crippen LogP contribution in [0.15, 0.2) is 35.3 Å². The molecule has 0 bridgehead atoms. The van der Waals surface area contributed by atoms with Gasteiger partial charge in [-0.05, 0) is 37.0 Å². The third-order valence-electron chi connectivity index (χ3n) is 1.89. The molecule has 0 unspecified atom stereocenters. The number of rotatable bonds is 5. The van der Waals surface area contributed by atoms with Crippen molar-refractivity contribution in [1.29, 1.82) is 0 Å². The quantitative estimate of drug-likeness (QED) is 0.396. The van der Waals surface area contributed by atoms with Gasteiger partial charge < -0.3 is 0 Å². The topological polar surface area (TPSA) is 12.4 Å². The maximum Gasteiger partial charge on any atom is 0.0584 e. The third-order valence-corrected chi connectivity index (χ3v) is 2.02. The van der Waals surface area contributed by atoms with Gasteiger partial charge in [0.05, 0.1) is 5.16 Å². The summed E-state index contributed by atoms with van der Waals surface area (Å²) in [6.07, 6.45) is 3.40. The molecule has 1 rings (SSSR count). The molecular weight excluding hydrogens is 178 g/mol. The molecule has 0 aliphatic carbocycles. The lowest BCUT2D eigenvalue weighted by Crippen LogP contribution is -1.86. The van der Waals surface area contributed by atoms with Crippen LogP contribution in [0, 0.1) is 0 Å². The molecule has 0 N–H and O–H groups in total. The van der Waals surface area contributed by atoms with E-state index in [1.807, 2.05) is 6.07 Å². The summed E-state index contributed by atoms with van der Waals surface area (Å²) in [6.45, 7) is 0.816. The van der Waals surface area contributed by atoms with E-state index in [2.05, 4.69) is 46.6 Å². The molecule has 0 atom stereocenters. The van der Waals surface area contributed by atoms with Crippen LogP contribution in [0.2, 0.25) is 0 Å². The highest BCUT2D eigenvalue weighted by molar-refractivity contribution is 7.78. The van der Waals surface area contributed by atoms with Crippen molar-refractivity contribution in [1.82, 2.24) is 0 Å². The Balaban J connectivity index is 2.17. The number of benzene rings is 1. The van der Waals surface area contributed by atoms with Gasteiger partial charge in [0, 0.05) is 6.54 Å². The fourth-order valence-electron chi connectivity index (χ4n) is 1.21. The van der Waals surface area contributed by atoms with E-state index >= 15 is 0 Å². The normalized spacial score (nSPS) is 9.23. The van der Waals surface area contributed by atoms with Crippen molar-refractivity contribution in [2.24, 2.45) is 4.99 Å². The van der Waals surface area contributed by atoms with Crippen LogP contribution in [-0.4, -0.2) is 11.7 Å². The molecule has 0 aromatic heterocycles. The summed E-state index contributed by atoms with van der Waals surface area (Å²) in [5.41, 5.74) is 1.40. The lowest BCUT2D eigenvalue weighted by atomic mass is 10.1. The first-order valence-corrected chi connectivity index (χ1v) is 4.92. The Morgan fingerprint density at radius 1 is 1.15 bits per heavy atom. The Morgan fingerprint density at radius 3 is 2.62 bits per heavy atom. The van der Waals surface area contributed by atoms with Gasteiger partial charge in [0.25, 0.3) is 0 Å². The molecule has 0 radical (unpaired) electrons. The molecule has 0 aliphatic rings. The Kier molecular flexibility index (Phi) is 5.07. The number of hydrogen-bond acceptors (Lipinski definition) is 2. The Morgan fingerprint density at radius 2 is 1.92 bits per heavy atom. The fraction of sp³-hybridized carbons (Fsp3) is 0.364. The van der Waals surface area contributed by atoms with Gasteiger partial charge in [-0.3, -0.25) is 0 Å². The Labute approximate surface area is 84.5 Å².